The van der Waals surface area contributed by atoms with E-state index >= 15 is 0 Å². The van der Waals surface area contributed by atoms with Crippen LogP contribution >= 0.6 is 0 Å². The zero-order valence-electron chi connectivity index (χ0n) is 31.2. The Balaban J connectivity index is 1.00. The Morgan fingerprint density at radius 2 is 0.759 bits per heavy atom. The van der Waals surface area contributed by atoms with Gasteiger partial charge in [0, 0.05) is 10.8 Å². The first-order chi connectivity index (χ1) is 26.3. The van der Waals surface area contributed by atoms with Crippen LogP contribution in [0.3, 0.4) is 0 Å². The smallest absolute Gasteiger partial charge is 0.0159 e. The Hall–Kier alpha value is -6.24. The van der Waals surface area contributed by atoms with Crippen LogP contribution in [-0.2, 0) is 10.8 Å². The van der Waals surface area contributed by atoms with Crippen LogP contribution in [0.25, 0.3) is 88.0 Å². The first-order valence-electron chi connectivity index (χ1n) is 19.3. The molecule has 0 fully saturated rings. The predicted molar refractivity (Wildman–Crippen MR) is 230 cm³/mol. The van der Waals surface area contributed by atoms with Crippen molar-refractivity contribution in [2.45, 2.75) is 38.5 Å². The highest BCUT2D eigenvalue weighted by atomic mass is 14.4. The summed E-state index contributed by atoms with van der Waals surface area (Å²) in [6, 6.07) is 63.8. The van der Waals surface area contributed by atoms with Crippen LogP contribution in [0.5, 0.6) is 0 Å². The normalized spacial score (nSPS) is 14.6. The summed E-state index contributed by atoms with van der Waals surface area (Å²) in [6.07, 6.45) is 0. The molecule has 0 nitrogen and oxygen atoms in total. The van der Waals surface area contributed by atoms with Gasteiger partial charge >= 0.3 is 0 Å². The zero-order valence-corrected chi connectivity index (χ0v) is 31.2. The Morgan fingerprint density at radius 1 is 0.278 bits per heavy atom. The molecule has 9 aromatic carbocycles. The minimum absolute atomic E-state index is 0.103. The standard InChI is InChI=1S/C54H40/c1-53(2)47-28-26-44-43(27-29-48-52(44)46-25-23-40(32-50(46)54(48,3)4)42-15-9-13-36-11-7-8-14-41(36)42)51(47)45-24-22-39(31-49(45)53)35-18-16-34(17-19-35)38-21-20-33-10-5-6-12-37(33)30-38/h5-32H,1-4H3. The summed E-state index contributed by atoms with van der Waals surface area (Å²) in [5.74, 6) is 0. The molecule has 0 atom stereocenters. The second-order valence-corrected chi connectivity index (χ2v) is 16.5. The second-order valence-electron chi connectivity index (χ2n) is 16.5. The molecule has 11 rings (SSSR count). The summed E-state index contributed by atoms with van der Waals surface area (Å²) in [4.78, 5) is 0. The Kier molecular flexibility index (Phi) is 6.46. The number of fused-ring (bicyclic) bond motifs is 11. The lowest BCUT2D eigenvalue weighted by molar-refractivity contribution is 0.660. The molecular weight excluding hydrogens is 649 g/mol. The van der Waals surface area contributed by atoms with E-state index in [0.717, 1.165) is 0 Å². The predicted octanol–water partition coefficient (Wildman–Crippen LogP) is 14.8. The molecule has 0 saturated heterocycles. The Labute approximate surface area is 317 Å². The number of benzene rings is 9. The largest absolute Gasteiger partial charge is 0.0616 e. The van der Waals surface area contributed by atoms with Crippen molar-refractivity contribution >= 4 is 32.3 Å². The van der Waals surface area contributed by atoms with Gasteiger partial charge in [0.1, 0.15) is 0 Å². The van der Waals surface area contributed by atoms with E-state index in [9.17, 15) is 0 Å². The molecule has 9 aromatic rings. The van der Waals surface area contributed by atoms with Gasteiger partial charge < -0.3 is 0 Å². The molecular formula is C54H40. The monoisotopic (exact) mass is 688 g/mol. The van der Waals surface area contributed by atoms with E-state index in [-0.39, 0.29) is 10.8 Å². The van der Waals surface area contributed by atoms with Crippen molar-refractivity contribution in [2.75, 3.05) is 0 Å². The maximum Gasteiger partial charge on any atom is 0.0159 e. The third kappa shape index (κ3) is 4.37. The number of hydrogen-bond acceptors (Lipinski definition) is 0. The lowest BCUT2D eigenvalue weighted by atomic mass is 9.80. The van der Waals surface area contributed by atoms with Crippen molar-refractivity contribution in [3.05, 3.63) is 192 Å². The quantitative estimate of drug-likeness (QED) is 0.173. The van der Waals surface area contributed by atoms with Gasteiger partial charge in [-0.2, -0.15) is 0 Å². The van der Waals surface area contributed by atoms with E-state index in [1.807, 2.05) is 0 Å². The van der Waals surface area contributed by atoms with Gasteiger partial charge in [0.2, 0.25) is 0 Å². The molecule has 2 aliphatic rings. The molecule has 0 radical (unpaired) electrons. The van der Waals surface area contributed by atoms with Gasteiger partial charge in [0.15, 0.2) is 0 Å². The average Bonchev–Trinajstić information content (AvgIpc) is 3.59. The van der Waals surface area contributed by atoms with Gasteiger partial charge in [-0.25, -0.2) is 0 Å². The average molecular weight is 689 g/mol. The molecule has 0 heterocycles. The first kappa shape index (κ1) is 31.3. The summed E-state index contributed by atoms with van der Waals surface area (Å²) in [6.45, 7) is 9.60. The lowest BCUT2D eigenvalue weighted by Gasteiger charge is -2.23. The van der Waals surface area contributed by atoms with Crippen LogP contribution in [0.4, 0.5) is 0 Å². The van der Waals surface area contributed by atoms with E-state index in [1.54, 1.807) is 0 Å². The van der Waals surface area contributed by atoms with Crippen molar-refractivity contribution in [3.8, 4) is 55.6 Å². The third-order valence-electron chi connectivity index (χ3n) is 12.9. The molecule has 0 bridgehead atoms. The molecule has 0 aliphatic heterocycles. The van der Waals surface area contributed by atoms with Crippen LogP contribution in [0.2, 0.25) is 0 Å². The van der Waals surface area contributed by atoms with E-state index in [1.165, 1.54) is 110 Å². The topological polar surface area (TPSA) is 0 Å². The van der Waals surface area contributed by atoms with E-state index < -0.39 is 0 Å². The van der Waals surface area contributed by atoms with Crippen LogP contribution in [-0.4, -0.2) is 0 Å². The first-order valence-corrected chi connectivity index (χ1v) is 19.3. The second kappa shape index (κ2) is 11.1. The molecule has 0 unspecified atom stereocenters. The highest BCUT2D eigenvalue weighted by Crippen LogP contribution is 2.57. The van der Waals surface area contributed by atoms with Crippen LogP contribution in [0.1, 0.15) is 49.9 Å². The molecule has 54 heavy (non-hydrogen) atoms. The molecule has 0 aromatic heterocycles. The van der Waals surface area contributed by atoms with Crippen LogP contribution < -0.4 is 0 Å². The molecule has 0 N–H and O–H groups in total. The Morgan fingerprint density at radius 3 is 1.41 bits per heavy atom. The molecule has 2 aliphatic carbocycles. The van der Waals surface area contributed by atoms with E-state index in [4.69, 9.17) is 0 Å². The van der Waals surface area contributed by atoms with E-state index in [2.05, 4.69) is 198 Å². The maximum atomic E-state index is 2.46. The Bertz CT molecular complexity index is 3020. The lowest BCUT2D eigenvalue weighted by Crippen LogP contribution is -2.15. The summed E-state index contributed by atoms with van der Waals surface area (Å²) >= 11 is 0. The van der Waals surface area contributed by atoms with Crippen LogP contribution in [0, 0.1) is 0 Å². The summed E-state index contributed by atoms with van der Waals surface area (Å²) in [5.41, 5.74) is 18.5. The van der Waals surface area contributed by atoms with Crippen molar-refractivity contribution in [3.63, 3.8) is 0 Å². The fourth-order valence-corrected chi connectivity index (χ4v) is 9.92. The summed E-state index contributed by atoms with van der Waals surface area (Å²) < 4.78 is 0. The minimum Gasteiger partial charge on any atom is -0.0616 e. The molecule has 0 amide bonds. The zero-order chi connectivity index (χ0) is 36.3. The van der Waals surface area contributed by atoms with Crippen molar-refractivity contribution < 1.29 is 0 Å². The van der Waals surface area contributed by atoms with Crippen LogP contribution in [0.15, 0.2) is 170 Å². The number of hydrogen-bond donors (Lipinski definition) is 0. The number of rotatable bonds is 3. The maximum absolute atomic E-state index is 2.46. The molecule has 0 heteroatoms. The van der Waals surface area contributed by atoms with E-state index in [0.29, 0.717) is 0 Å². The van der Waals surface area contributed by atoms with Gasteiger partial charge in [0.05, 0.1) is 0 Å². The van der Waals surface area contributed by atoms with Gasteiger partial charge in [-0.15, -0.1) is 0 Å². The summed E-state index contributed by atoms with van der Waals surface area (Å²) in [7, 11) is 0. The van der Waals surface area contributed by atoms with Gasteiger partial charge in [-0.3, -0.25) is 0 Å². The SMILES string of the molecule is CC1(C)c2cc(-c3ccc(-c4ccc5ccccc5c4)cc3)ccc2-c2c1ccc1c3c(ccc21)C(C)(C)c1cc(-c2cccc4ccccc24)ccc1-3. The van der Waals surface area contributed by atoms with Crippen molar-refractivity contribution in [2.24, 2.45) is 0 Å². The molecule has 256 valence electrons. The highest BCUT2D eigenvalue weighted by Gasteiger charge is 2.40. The van der Waals surface area contributed by atoms with Gasteiger partial charge in [0.25, 0.3) is 0 Å². The fraction of sp³-hybridized carbons (Fsp3) is 0.111. The highest BCUT2D eigenvalue weighted by molar-refractivity contribution is 6.11. The molecule has 0 spiro atoms. The van der Waals surface area contributed by atoms with Gasteiger partial charge in [-0.05, 0) is 128 Å². The summed E-state index contributed by atoms with van der Waals surface area (Å²) in [5, 5.41) is 7.84. The molecule has 0 saturated carbocycles. The minimum atomic E-state index is -0.108. The van der Waals surface area contributed by atoms with Crippen molar-refractivity contribution in [1.29, 1.82) is 0 Å². The van der Waals surface area contributed by atoms with Crippen molar-refractivity contribution in [1.82, 2.24) is 0 Å². The third-order valence-corrected chi connectivity index (χ3v) is 12.9. The van der Waals surface area contributed by atoms with Gasteiger partial charge in [-0.1, -0.05) is 179 Å². The fourth-order valence-electron chi connectivity index (χ4n) is 9.92.